The molecule has 0 aromatic carbocycles. The highest BCUT2D eigenvalue weighted by Gasteiger charge is 2.37. The number of hydrogen-bond acceptors (Lipinski definition) is 2. The SMILES string of the molecule is Cn1nc(C(F)(F)F)nc1-c1cccc[n+]1C. The topological polar surface area (TPSA) is 34.6 Å². The number of nitrogens with zero attached hydrogens (tertiary/aromatic N) is 4. The number of pyridine rings is 1. The molecule has 0 aliphatic carbocycles. The molecule has 0 N–H and O–H groups in total. The lowest BCUT2D eigenvalue weighted by atomic mass is 10.3. The van der Waals surface area contributed by atoms with Gasteiger partial charge in [0, 0.05) is 19.2 Å². The summed E-state index contributed by atoms with van der Waals surface area (Å²) in [5.41, 5.74) is 0.568. The Bertz CT molecular complexity index is 545. The summed E-state index contributed by atoms with van der Waals surface area (Å²) in [6.45, 7) is 0. The largest absolute Gasteiger partial charge is 0.453 e. The quantitative estimate of drug-likeness (QED) is 0.708. The smallest absolute Gasteiger partial charge is 0.243 e. The molecule has 0 saturated carbocycles. The Balaban J connectivity index is 2.55. The van der Waals surface area contributed by atoms with Crippen LogP contribution in [0.5, 0.6) is 0 Å². The second kappa shape index (κ2) is 3.83. The Morgan fingerprint density at radius 3 is 2.53 bits per heavy atom. The molecule has 2 heterocycles. The molecular formula is C10H10F3N4+. The summed E-state index contributed by atoms with van der Waals surface area (Å²) in [4.78, 5) is 3.52. The van der Waals surface area contributed by atoms with Gasteiger partial charge < -0.3 is 0 Å². The summed E-state index contributed by atoms with van der Waals surface area (Å²) in [6.07, 6.45) is -2.79. The van der Waals surface area contributed by atoms with Crippen LogP contribution < -0.4 is 4.57 Å². The van der Waals surface area contributed by atoms with Gasteiger partial charge in [0.25, 0.3) is 5.82 Å². The normalized spacial score (nSPS) is 11.8. The van der Waals surface area contributed by atoms with Gasteiger partial charge in [-0.15, -0.1) is 5.10 Å². The second-order valence-electron chi connectivity index (χ2n) is 3.58. The zero-order chi connectivity index (χ0) is 12.6. The lowest BCUT2D eigenvalue weighted by molar-refractivity contribution is -0.660. The van der Waals surface area contributed by atoms with Crippen molar-refractivity contribution in [2.45, 2.75) is 6.18 Å². The van der Waals surface area contributed by atoms with Gasteiger partial charge in [-0.1, -0.05) is 0 Å². The van der Waals surface area contributed by atoms with Gasteiger partial charge in [0.15, 0.2) is 6.20 Å². The minimum absolute atomic E-state index is 0.181. The van der Waals surface area contributed by atoms with Crippen molar-refractivity contribution in [2.75, 3.05) is 0 Å². The Morgan fingerprint density at radius 2 is 2.00 bits per heavy atom. The average Bonchev–Trinajstić information content (AvgIpc) is 2.61. The first kappa shape index (κ1) is 11.6. The molecule has 7 heteroatoms. The molecule has 0 aliphatic heterocycles. The Hall–Kier alpha value is -1.92. The number of alkyl halides is 3. The Kier molecular flexibility index (Phi) is 2.60. The molecule has 0 saturated heterocycles. The third-order valence-electron chi connectivity index (χ3n) is 2.30. The van der Waals surface area contributed by atoms with E-state index in [1.807, 2.05) is 0 Å². The van der Waals surface area contributed by atoms with Crippen molar-refractivity contribution in [1.82, 2.24) is 14.8 Å². The summed E-state index contributed by atoms with van der Waals surface area (Å²) >= 11 is 0. The zero-order valence-corrected chi connectivity index (χ0v) is 9.23. The maximum atomic E-state index is 12.5. The van der Waals surface area contributed by atoms with Crippen LogP contribution in [0.4, 0.5) is 13.2 Å². The van der Waals surface area contributed by atoms with Crippen LogP contribution in [0.3, 0.4) is 0 Å². The van der Waals surface area contributed by atoms with Gasteiger partial charge in [0.2, 0.25) is 11.5 Å². The maximum Gasteiger partial charge on any atom is 0.453 e. The molecule has 0 aliphatic rings. The van der Waals surface area contributed by atoms with Gasteiger partial charge in [-0.3, -0.25) is 0 Å². The van der Waals surface area contributed by atoms with Crippen LogP contribution in [0.1, 0.15) is 5.82 Å². The lowest BCUT2D eigenvalue weighted by Crippen LogP contribution is -2.30. The monoisotopic (exact) mass is 243 g/mol. The van der Waals surface area contributed by atoms with E-state index in [1.54, 1.807) is 36.0 Å². The standard InChI is InChI=1S/C10H10F3N4/c1-16-6-4-3-5-7(16)8-14-9(10(11,12)13)15-17(8)2/h3-6H,1-2H3/q+1. The van der Waals surface area contributed by atoms with Crippen molar-refractivity contribution in [3.05, 3.63) is 30.2 Å². The van der Waals surface area contributed by atoms with E-state index < -0.39 is 12.0 Å². The molecule has 2 aromatic rings. The summed E-state index contributed by atoms with van der Waals surface area (Å²) < 4.78 is 40.2. The maximum absolute atomic E-state index is 12.5. The molecule has 0 atom stereocenters. The van der Waals surface area contributed by atoms with E-state index in [-0.39, 0.29) is 5.82 Å². The molecule has 0 spiro atoms. The Labute approximate surface area is 95.3 Å². The highest BCUT2D eigenvalue weighted by Crippen LogP contribution is 2.27. The molecule has 2 rings (SSSR count). The average molecular weight is 243 g/mol. The molecule has 0 radical (unpaired) electrons. The van der Waals surface area contributed by atoms with Crippen LogP contribution in [0, 0.1) is 0 Å². The molecular weight excluding hydrogens is 233 g/mol. The number of hydrogen-bond donors (Lipinski definition) is 0. The van der Waals surface area contributed by atoms with Crippen LogP contribution in [0.25, 0.3) is 11.5 Å². The summed E-state index contributed by atoms with van der Waals surface area (Å²) in [5.74, 6) is -0.945. The molecule has 17 heavy (non-hydrogen) atoms. The minimum Gasteiger partial charge on any atom is -0.243 e. The third-order valence-corrected chi connectivity index (χ3v) is 2.30. The van der Waals surface area contributed by atoms with Crippen molar-refractivity contribution in [1.29, 1.82) is 0 Å². The van der Waals surface area contributed by atoms with Gasteiger partial charge >= 0.3 is 6.18 Å². The van der Waals surface area contributed by atoms with E-state index >= 15 is 0 Å². The third kappa shape index (κ3) is 2.13. The number of aromatic nitrogens is 4. The van der Waals surface area contributed by atoms with Gasteiger partial charge in [0.05, 0.1) is 0 Å². The van der Waals surface area contributed by atoms with Gasteiger partial charge in [-0.25, -0.2) is 4.68 Å². The van der Waals surface area contributed by atoms with Gasteiger partial charge in [0.1, 0.15) is 7.05 Å². The van der Waals surface area contributed by atoms with Crippen molar-refractivity contribution in [2.24, 2.45) is 14.1 Å². The van der Waals surface area contributed by atoms with Crippen molar-refractivity contribution in [3.63, 3.8) is 0 Å². The van der Waals surface area contributed by atoms with Crippen molar-refractivity contribution < 1.29 is 17.7 Å². The van der Waals surface area contributed by atoms with Gasteiger partial charge in [-0.05, 0) is 6.07 Å². The lowest BCUT2D eigenvalue weighted by Gasteiger charge is -1.97. The van der Waals surface area contributed by atoms with Gasteiger partial charge in [-0.2, -0.15) is 22.7 Å². The molecule has 2 aromatic heterocycles. The summed E-state index contributed by atoms with van der Waals surface area (Å²) in [5, 5.41) is 3.37. The first-order chi connectivity index (χ1) is 7.89. The van der Waals surface area contributed by atoms with E-state index in [0.29, 0.717) is 5.69 Å². The van der Waals surface area contributed by atoms with E-state index in [0.717, 1.165) is 4.68 Å². The van der Waals surface area contributed by atoms with Crippen LogP contribution in [0.15, 0.2) is 24.4 Å². The minimum atomic E-state index is -4.52. The summed E-state index contributed by atoms with van der Waals surface area (Å²) in [7, 11) is 3.17. The summed E-state index contributed by atoms with van der Waals surface area (Å²) in [6, 6.07) is 5.20. The van der Waals surface area contributed by atoms with E-state index in [4.69, 9.17) is 0 Å². The molecule has 0 unspecified atom stereocenters. The molecule has 90 valence electrons. The number of rotatable bonds is 1. The van der Waals surface area contributed by atoms with Crippen LogP contribution in [-0.4, -0.2) is 14.8 Å². The predicted octanol–water partition coefficient (Wildman–Crippen LogP) is 1.33. The first-order valence-corrected chi connectivity index (χ1v) is 4.83. The van der Waals surface area contributed by atoms with Crippen LogP contribution in [-0.2, 0) is 20.3 Å². The van der Waals surface area contributed by atoms with E-state index in [2.05, 4.69) is 10.1 Å². The highest BCUT2D eigenvalue weighted by atomic mass is 19.4. The van der Waals surface area contributed by atoms with Crippen LogP contribution >= 0.6 is 0 Å². The number of aryl methyl sites for hydroxylation is 2. The highest BCUT2D eigenvalue weighted by molar-refractivity contribution is 5.44. The zero-order valence-electron chi connectivity index (χ0n) is 9.23. The first-order valence-electron chi connectivity index (χ1n) is 4.83. The molecule has 0 bridgehead atoms. The fraction of sp³-hybridized carbons (Fsp3) is 0.300. The number of halogens is 3. The fourth-order valence-corrected chi connectivity index (χ4v) is 1.48. The van der Waals surface area contributed by atoms with E-state index in [9.17, 15) is 13.2 Å². The van der Waals surface area contributed by atoms with Crippen LogP contribution in [0.2, 0.25) is 0 Å². The molecule has 0 fully saturated rings. The molecule has 4 nitrogen and oxygen atoms in total. The fourth-order valence-electron chi connectivity index (χ4n) is 1.48. The van der Waals surface area contributed by atoms with Crippen molar-refractivity contribution in [3.8, 4) is 11.5 Å². The molecule has 0 amide bonds. The second-order valence-corrected chi connectivity index (χ2v) is 3.58. The predicted molar refractivity (Wildman–Crippen MR) is 52.6 cm³/mol. The van der Waals surface area contributed by atoms with Crippen molar-refractivity contribution >= 4 is 0 Å². The van der Waals surface area contributed by atoms with E-state index in [1.165, 1.54) is 7.05 Å². The Morgan fingerprint density at radius 1 is 1.29 bits per heavy atom.